The Bertz CT molecular complexity index is 1250. The first-order valence-electron chi connectivity index (χ1n) is 13.1. The lowest BCUT2D eigenvalue weighted by molar-refractivity contribution is -0.134. The lowest BCUT2D eigenvalue weighted by Crippen LogP contribution is -2.49. The van der Waals surface area contributed by atoms with Gasteiger partial charge in [0.05, 0.1) is 25.4 Å². The van der Waals surface area contributed by atoms with Crippen molar-refractivity contribution in [3.05, 3.63) is 101 Å². The predicted molar refractivity (Wildman–Crippen MR) is 148 cm³/mol. The van der Waals surface area contributed by atoms with Crippen LogP contribution in [0.2, 0.25) is 0 Å². The summed E-state index contributed by atoms with van der Waals surface area (Å²) in [6, 6.07) is 24.9. The SMILES string of the molecule is COc1ccc([C@H]2CC(c3cc(C)ccc3C)=NN2C(=O)CN2CCN(Cc3ccccc3)CC2)cc1. The number of carbonyl (C=O) groups is 1. The number of methoxy groups -OCH3 is 1. The van der Waals surface area contributed by atoms with Gasteiger partial charge in [0.25, 0.3) is 5.91 Å². The molecule has 0 unspecified atom stereocenters. The van der Waals surface area contributed by atoms with Crippen molar-refractivity contribution in [1.29, 1.82) is 0 Å². The Balaban J connectivity index is 1.30. The van der Waals surface area contributed by atoms with Gasteiger partial charge in [0.1, 0.15) is 5.75 Å². The maximum Gasteiger partial charge on any atom is 0.257 e. The molecule has 3 aromatic rings. The minimum Gasteiger partial charge on any atom is -0.497 e. The number of aryl methyl sites for hydroxylation is 2. The van der Waals surface area contributed by atoms with Crippen molar-refractivity contribution >= 4 is 11.6 Å². The molecule has 0 aromatic heterocycles. The largest absolute Gasteiger partial charge is 0.497 e. The summed E-state index contributed by atoms with van der Waals surface area (Å²) in [5.74, 6) is 0.862. The van der Waals surface area contributed by atoms with Crippen LogP contribution in [0.25, 0.3) is 0 Å². The van der Waals surface area contributed by atoms with E-state index in [-0.39, 0.29) is 11.9 Å². The van der Waals surface area contributed by atoms with Crippen LogP contribution in [0.5, 0.6) is 5.75 Å². The summed E-state index contributed by atoms with van der Waals surface area (Å²) in [7, 11) is 1.67. The van der Waals surface area contributed by atoms with Crippen LogP contribution in [0.1, 0.15) is 40.3 Å². The molecule has 1 amide bonds. The highest BCUT2D eigenvalue weighted by Crippen LogP contribution is 2.34. The number of hydrogen-bond donors (Lipinski definition) is 0. The summed E-state index contributed by atoms with van der Waals surface area (Å²) in [6.45, 7) is 9.23. The van der Waals surface area contributed by atoms with E-state index in [9.17, 15) is 4.79 Å². The number of carbonyl (C=O) groups excluding carboxylic acids is 1. The first kappa shape index (κ1) is 25.2. The highest BCUT2D eigenvalue weighted by atomic mass is 16.5. The van der Waals surface area contributed by atoms with Crippen molar-refractivity contribution in [1.82, 2.24) is 14.8 Å². The fourth-order valence-electron chi connectivity index (χ4n) is 5.25. The number of rotatable bonds is 7. The molecule has 5 rings (SSSR count). The van der Waals surface area contributed by atoms with Gasteiger partial charge in [0.15, 0.2) is 0 Å². The highest BCUT2D eigenvalue weighted by molar-refractivity contribution is 6.04. The Kier molecular flexibility index (Phi) is 7.68. The van der Waals surface area contributed by atoms with Crippen molar-refractivity contribution in [2.24, 2.45) is 5.10 Å². The van der Waals surface area contributed by atoms with E-state index < -0.39 is 0 Å². The predicted octanol–water partition coefficient (Wildman–Crippen LogP) is 4.81. The van der Waals surface area contributed by atoms with Gasteiger partial charge in [0.2, 0.25) is 0 Å². The standard InChI is InChI=1S/C31H36N4O2/c1-23-9-10-24(2)28(19-23)29-20-30(26-11-13-27(37-3)14-12-26)35(32-29)31(36)22-34-17-15-33(16-18-34)21-25-7-5-4-6-8-25/h4-14,19,30H,15-18,20-22H2,1-3H3/t30-/m1/s1. The minimum absolute atomic E-state index is 0.0534. The van der Waals surface area contributed by atoms with E-state index in [0.29, 0.717) is 13.0 Å². The van der Waals surface area contributed by atoms with E-state index in [1.165, 1.54) is 16.7 Å². The average molecular weight is 497 g/mol. The van der Waals surface area contributed by atoms with E-state index in [2.05, 4.69) is 72.2 Å². The molecular formula is C31H36N4O2. The Labute approximate surface area is 220 Å². The first-order valence-corrected chi connectivity index (χ1v) is 13.1. The Morgan fingerprint density at radius 2 is 1.62 bits per heavy atom. The van der Waals surface area contributed by atoms with Crippen LogP contribution in [0.15, 0.2) is 77.9 Å². The maximum atomic E-state index is 13.7. The molecule has 0 aliphatic carbocycles. The molecule has 0 radical (unpaired) electrons. The molecule has 192 valence electrons. The van der Waals surface area contributed by atoms with Crippen LogP contribution in [0.3, 0.4) is 0 Å². The third-order valence-electron chi connectivity index (χ3n) is 7.44. The molecule has 2 aliphatic heterocycles. The van der Waals surface area contributed by atoms with Crippen molar-refractivity contribution in [2.45, 2.75) is 32.9 Å². The normalized spacial score (nSPS) is 18.6. The lowest BCUT2D eigenvalue weighted by Gasteiger charge is -2.35. The summed E-state index contributed by atoms with van der Waals surface area (Å²) < 4.78 is 5.35. The summed E-state index contributed by atoms with van der Waals surface area (Å²) in [4.78, 5) is 18.4. The van der Waals surface area contributed by atoms with E-state index in [1.807, 2.05) is 24.3 Å². The fourth-order valence-corrected chi connectivity index (χ4v) is 5.25. The molecule has 2 aliphatic rings. The summed E-state index contributed by atoms with van der Waals surface area (Å²) >= 11 is 0. The first-order chi connectivity index (χ1) is 18.0. The van der Waals surface area contributed by atoms with Crippen molar-refractivity contribution in [2.75, 3.05) is 39.8 Å². The topological polar surface area (TPSA) is 48.4 Å². The summed E-state index contributed by atoms with van der Waals surface area (Å²) in [5.41, 5.74) is 6.89. The number of benzene rings is 3. The van der Waals surface area contributed by atoms with Crippen molar-refractivity contribution < 1.29 is 9.53 Å². The van der Waals surface area contributed by atoms with Crippen LogP contribution in [0.4, 0.5) is 0 Å². The van der Waals surface area contributed by atoms with Crippen molar-refractivity contribution in [3.63, 3.8) is 0 Å². The number of hydrogen-bond acceptors (Lipinski definition) is 5. The van der Waals surface area contributed by atoms with Crippen LogP contribution in [0, 0.1) is 13.8 Å². The second kappa shape index (κ2) is 11.3. The molecule has 6 heteroatoms. The van der Waals surface area contributed by atoms with Crippen LogP contribution < -0.4 is 4.74 Å². The smallest absolute Gasteiger partial charge is 0.257 e. The van der Waals surface area contributed by atoms with Gasteiger partial charge in [-0.05, 0) is 48.7 Å². The summed E-state index contributed by atoms with van der Waals surface area (Å²) in [5, 5.41) is 6.66. The second-order valence-corrected chi connectivity index (χ2v) is 10.1. The Morgan fingerprint density at radius 3 is 2.32 bits per heavy atom. The monoisotopic (exact) mass is 496 g/mol. The molecule has 1 saturated heterocycles. The molecule has 1 fully saturated rings. The van der Waals surface area contributed by atoms with E-state index in [1.54, 1.807) is 12.1 Å². The quantitative estimate of drug-likeness (QED) is 0.471. The zero-order valence-corrected chi connectivity index (χ0v) is 22.1. The van der Waals surface area contributed by atoms with E-state index >= 15 is 0 Å². The fraction of sp³-hybridized carbons (Fsp3) is 0.355. The number of piperazine rings is 1. The molecule has 37 heavy (non-hydrogen) atoms. The molecule has 0 N–H and O–H groups in total. The third kappa shape index (κ3) is 5.92. The Morgan fingerprint density at radius 1 is 0.919 bits per heavy atom. The number of ether oxygens (including phenoxy) is 1. The van der Waals surface area contributed by atoms with Gasteiger partial charge in [0, 0.05) is 44.7 Å². The van der Waals surface area contributed by atoms with Gasteiger partial charge in [-0.15, -0.1) is 0 Å². The van der Waals surface area contributed by atoms with E-state index in [0.717, 1.165) is 55.3 Å². The minimum atomic E-state index is -0.118. The number of amides is 1. The average Bonchev–Trinajstić information content (AvgIpc) is 3.37. The summed E-state index contributed by atoms with van der Waals surface area (Å²) in [6.07, 6.45) is 0.702. The molecule has 0 saturated carbocycles. The molecule has 0 spiro atoms. The van der Waals surface area contributed by atoms with Gasteiger partial charge in [-0.3, -0.25) is 14.6 Å². The number of nitrogens with zero attached hydrogens (tertiary/aromatic N) is 4. The van der Waals surface area contributed by atoms with Gasteiger partial charge in [-0.2, -0.15) is 5.10 Å². The lowest BCUT2D eigenvalue weighted by atomic mass is 9.95. The van der Waals surface area contributed by atoms with E-state index in [4.69, 9.17) is 9.84 Å². The molecule has 2 heterocycles. The van der Waals surface area contributed by atoms with Gasteiger partial charge < -0.3 is 4.74 Å². The third-order valence-corrected chi connectivity index (χ3v) is 7.44. The molecule has 6 nitrogen and oxygen atoms in total. The zero-order valence-electron chi connectivity index (χ0n) is 22.1. The van der Waals surface area contributed by atoms with Crippen LogP contribution in [-0.4, -0.2) is 66.3 Å². The molecule has 3 aromatic carbocycles. The highest BCUT2D eigenvalue weighted by Gasteiger charge is 2.34. The van der Waals surface area contributed by atoms with Crippen LogP contribution in [-0.2, 0) is 11.3 Å². The van der Waals surface area contributed by atoms with Gasteiger partial charge >= 0.3 is 0 Å². The molecule has 1 atom stereocenters. The maximum absolute atomic E-state index is 13.7. The molecule has 0 bridgehead atoms. The number of hydrazone groups is 1. The second-order valence-electron chi connectivity index (χ2n) is 10.1. The van der Waals surface area contributed by atoms with Gasteiger partial charge in [-0.25, -0.2) is 5.01 Å². The van der Waals surface area contributed by atoms with Crippen LogP contribution >= 0.6 is 0 Å². The Hall–Kier alpha value is -3.48. The van der Waals surface area contributed by atoms with Crippen molar-refractivity contribution in [3.8, 4) is 5.75 Å². The van der Waals surface area contributed by atoms with Gasteiger partial charge in [-0.1, -0.05) is 60.2 Å². The molecular weight excluding hydrogens is 460 g/mol. The zero-order chi connectivity index (χ0) is 25.8.